The molecule has 1 aromatic heterocycles. The highest BCUT2D eigenvalue weighted by Crippen LogP contribution is 2.28. The van der Waals surface area contributed by atoms with Gasteiger partial charge in [-0.3, -0.25) is 4.79 Å². The van der Waals surface area contributed by atoms with Crippen molar-refractivity contribution in [3.8, 4) is 11.1 Å². The van der Waals surface area contributed by atoms with Gasteiger partial charge in [0.05, 0.1) is 5.52 Å². The number of carbonyl (C=O) groups excluding carboxylic acids is 1. The van der Waals surface area contributed by atoms with Crippen molar-refractivity contribution in [2.75, 3.05) is 0 Å². The lowest BCUT2D eigenvalue weighted by atomic mass is 10.00. The van der Waals surface area contributed by atoms with Gasteiger partial charge in [0, 0.05) is 6.42 Å². The molecule has 0 amide bonds. The molecule has 4 heteroatoms. The lowest BCUT2D eigenvalue weighted by Crippen LogP contribution is -2.22. The summed E-state index contributed by atoms with van der Waals surface area (Å²) in [7, 11) is 0. The highest BCUT2D eigenvalue weighted by atomic mass is 16.4. The Bertz CT molecular complexity index is 1540. The van der Waals surface area contributed by atoms with E-state index in [9.17, 15) is 9.59 Å². The number of rotatable bonds is 9. The van der Waals surface area contributed by atoms with Crippen LogP contribution < -0.4 is 5.76 Å². The summed E-state index contributed by atoms with van der Waals surface area (Å²) in [6.45, 7) is 2.07. The Balaban J connectivity index is 1.24. The van der Waals surface area contributed by atoms with Gasteiger partial charge in [-0.1, -0.05) is 91.6 Å². The molecule has 0 saturated heterocycles. The summed E-state index contributed by atoms with van der Waals surface area (Å²) in [5.41, 5.74) is 5.81. The Morgan fingerprint density at radius 1 is 0.750 bits per heavy atom. The van der Waals surface area contributed by atoms with E-state index in [4.69, 9.17) is 4.42 Å². The minimum Gasteiger partial charge on any atom is -0.407 e. The maximum Gasteiger partial charge on any atom is 0.426 e. The molecule has 0 aliphatic heterocycles. The molecule has 0 bridgehead atoms. The van der Waals surface area contributed by atoms with E-state index in [0.29, 0.717) is 17.5 Å². The van der Waals surface area contributed by atoms with Crippen LogP contribution in [0.2, 0.25) is 0 Å². The smallest absolute Gasteiger partial charge is 0.407 e. The molecule has 0 aliphatic carbocycles. The molecule has 1 heterocycles. The number of oxazole rings is 1. The molecule has 5 rings (SSSR count). The predicted octanol–water partition coefficient (Wildman–Crippen LogP) is 7.95. The molecule has 0 N–H and O–H groups in total. The summed E-state index contributed by atoms with van der Waals surface area (Å²) in [5.74, 6) is -0.802. The third-order valence-corrected chi connectivity index (χ3v) is 6.87. The van der Waals surface area contributed by atoms with E-state index in [-0.39, 0.29) is 5.91 Å². The summed E-state index contributed by atoms with van der Waals surface area (Å²) in [6, 6.07) is 28.9. The van der Waals surface area contributed by atoms with Crippen LogP contribution in [-0.4, -0.2) is 10.5 Å². The fraction of sp³-hybridized carbons (Fsp3) is 0.250. The summed E-state index contributed by atoms with van der Waals surface area (Å²) in [5, 5.41) is 1.95. The van der Waals surface area contributed by atoms with Crippen molar-refractivity contribution in [1.29, 1.82) is 0 Å². The highest BCUT2D eigenvalue weighted by molar-refractivity contribution is 5.99. The van der Waals surface area contributed by atoms with E-state index < -0.39 is 5.76 Å². The molecule has 5 aromatic rings. The largest absolute Gasteiger partial charge is 0.426 e. The Kier molecular flexibility index (Phi) is 7.13. The average Bonchev–Trinajstić information content (AvgIpc) is 3.21. The minimum absolute atomic E-state index is 0.197. The van der Waals surface area contributed by atoms with Gasteiger partial charge in [-0.2, -0.15) is 0 Å². The lowest BCUT2D eigenvalue weighted by molar-refractivity contribution is 0.0895. The van der Waals surface area contributed by atoms with Crippen molar-refractivity contribution in [2.24, 2.45) is 0 Å². The fourth-order valence-corrected chi connectivity index (χ4v) is 4.81. The number of hydrogen-bond donors (Lipinski definition) is 0. The molecular weight excluding hydrogens is 446 g/mol. The molecule has 0 fully saturated rings. The Morgan fingerprint density at radius 2 is 1.47 bits per heavy atom. The summed E-state index contributed by atoms with van der Waals surface area (Å²) in [6.07, 6.45) is 6.58. The summed E-state index contributed by atoms with van der Waals surface area (Å²) >= 11 is 0. The third-order valence-electron chi connectivity index (χ3n) is 6.87. The molecule has 0 spiro atoms. The zero-order valence-corrected chi connectivity index (χ0v) is 20.7. The second-order valence-electron chi connectivity index (χ2n) is 9.60. The number of hydrogen-bond acceptors (Lipinski definition) is 3. The number of unbranched alkanes of at least 4 members (excludes halogenated alkanes) is 4. The maximum atomic E-state index is 13.0. The van der Waals surface area contributed by atoms with Gasteiger partial charge in [0.1, 0.15) is 0 Å². The van der Waals surface area contributed by atoms with Gasteiger partial charge in [-0.25, -0.2) is 9.36 Å². The number of benzene rings is 4. The quantitative estimate of drug-likeness (QED) is 0.202. The SMILES string of the molecule is Cc1ccc(-c2ccc3cc4oc(=O)n(C(=O)CCCCCCCc5ccccc5)c4cc3c2)cc1. The monoisotopic (exact) mass is 477 g/mol. The van der Waals surface area contributed by atoms with E-state index >= 15 is 0 Å². The first-order valence-electron chi connectivity index (χ1n) is 12.8. The van der Waals surface area contributed by atoms with Gasteiger partial charge in [-0.05, 0) is 71.8 Å². The topological polar surface area (TPSA) is 52.2 Å². The molecule has 182 valence electrons. The first-order valence-corrected chi connectivity index (χ1v) is 12.8. The lowest BCUT2D eigenvalue weighted by Gasteiger charge is -2.06. The maximum absolute atomic E-state index is 13.0. The normalized spacial score (nSPS) is 11.4. The average molecular weight is 478 g/mol. The van der Waals surface area contributed by atoms with Gasteiger partial charge < -0.3 is 4.42 Å². The molecule has 0 radical (unpaired) electrons. The van der Waals surface area contributed by atoms with E-state index in [2.05, 4.69) is 67.6 Å². The van der Waals surface area contributed by atoms with Crippen molar-refractivity contribution in [1.82, 2.24) is 4.57 Å². The molecular formula is C32H31NO3. The van der Waals surface area contributed by atoms with Gasteiger partial charge in [0.25, 0.3) is 0 Å². The van der Waals surface area contributed by atoms with E-state index in [1.54, 1.807) is 0 Å². The van der Waals surface area contributed by atoms with Crippen LogP contribution in [0.1, 0.15) is 54.4 Å². The van der Waals surface area contributed by atoms with Crippen LogP contribution in [0, 0.1) is 6.92 Å². The van der Waals surface area contributed by atoms with Gasteiger partial charge in [-0.15, -0.1) is 0 Å². The predicted molar refractivity (Wildman–Crippen MR) is 147 cm³/mol. The molecule has 4 nitrogen and oxygen atoms in total. The second kappa shape index (κ2) is 10.8. The number of fused-ring (bicyclic) bond motifs is 2. The van der Waals surface area contributed by atoms with Crippen LogP contribution in [0.15, 0.2) is 94.1 Å². The van der Waals surface area contributed by atoms with Crippen molar-refractivity contribution in [3.05, 3.63) is 107 Å². The number of aromatic nitrogens is 1. The van der Waals surface area contributed by atoms with E-state index in [1.165, 1.54) is 15.7 Å². The summed E-state index contributed by atoms with van der Waals surface area (Å²) in [4.78, 5) is 25.5. The van der Waals surface area contributed by atoms with Crippen LogP contribution in [0.5, 0.6) is 0 Å². The van der Waals surface area contributed by atoms with E-state index in [0.717, 1.165) is 60.4 Å². The zero-order chi connectivity index (χ0) is 24.9. The standard InChI is InChI=1S/C32H31NO3/c1-23-14-16-25(17-15-23)26-18-19-27-22-30-29(21-28(27)20-26)33(32(35)36-30)31(34)13-9-4-2-3-6-10-24-11-7-5-8-12-24/h5,7-8,11-12,14-22H,2-4,6,9-10,13H2,1H3. The number of nitrogens with zero attached hydrogens (tertiary/aromatic N) is 1. The number of carbonyl (C=O) groups is 1. The number of aryl methyl sites for hydroxylation is 2. The van der Waals surface area contributed by atoms with Gasteiger partial charge in [0.15, 0.2) is 5.58 Å². The minimum atomic E-state index is -0.605. The van der Waals surface area contributed by atoms with Crippen LogP contribution in [0.25, 0.3) is 33.0 Å². The van der Waals surface area contributed by atoms with Gasteiger partial charge >= 0.3 is 5.76 Å². The first kappa shape index (κ1) is 23.8. The molecule has 0 atom stereocenters. The molecule has 4 aromatic carbocycles. The zero-order valence-electron chi connectivity index (χ0n) is 20.7. The Hall–Kier alpha value is -3.92. The molecule has 0 aliphatic rings. The molecule has 36 heavy (non-hydrogen) atoms. The Morgan fingerprint density at radius 3 is 2.28 bits per heavy atom. The van der Waals surface area contributed by atoms with Crippen molar-refractivity contribution < 1.29 is 9.21 Å². The van der Waals surface area contributed by atoms with Crippen LogP contribution >= 0.6 is 0 Å². The molecule has 0 saturated carbocycles. The molecule has 0 unspecified atom stereocenters. The first-order chi connectivity index (χ1) is 17.6. The van der Waals surface area contributed by atoms with E-state index in [1.807, 2.05) is 24.3 Å². The van der Waals surface area contributed by atoms with Crippen LogP contribution in [0.3, 0.4) is 0 Å². The second-order valence-corrected chi connectivity index (χ2v) is 9.60. The third kappa shape index (κ3) is 5.33. The highest BCUT2D eigenvalue weighted by Gasteiger charge is 2.17. The van der Waals surface area contributed by atoms with Crippen molar-refractivity contribution in [3.63, 3.8) is 0 Å². The Labute approximate surface area is 211 Å². The van der Waals surface area contributed by atoms with Gasteiger partial charge in [0.2, 0.25) is 5.91 Å². The fourth-order valence-electron chi connectivity index (χ4n) is 4.81. The van der Waals surface area contributed by atoms with Crippen molar-refractivity contribution >= 4 is 27.8 Å². The summed E-state index contributed by atoms with van der Waals surface area (Å²) < 4.78 is 6.66. The van der Waals surface area contributed by atoms with Crippen LogP contribution in [-0.2, 0) is 6.42 Å². The van der Waals surface area contributed by atoms with Crippen molar-refractivity contribution in [2.45, 2.75) is 51.9 Å². The van der Waals surface area contributed by atoms with Crippen LogP contribution in [0.4, 0.5) is 0 Å².